The molecule has 116 valence electrons. The van der Waals surface area contributed by atoms with Gasteiger partial charge in [-0.1, -0.05) is 0 Å². The summed E-state index contributed by atoms with van der Waals surface area (Å²) in [5.74, 6) is -5.23. The van der Waals surface area contributed by atoms with Crippen LogP contribution in [-0.4, -0.2) is 41.1 Å². The fourth-order valence-corrected chi connectivity index (χ4v) is 0.788. The number of carboxylic acid groups (broad SMARTS) is 4. The van der Waals surface area contributed by atoms with Gasteiger partial charge in [-0.2, -0.15) is 0 Å². The van der Waals surface area contributed by atoms with Gasteiger partial charge in [0.1, 0.15) is 0 Å². The van der Waals surface area contributed by atoms with E-state index in [1.807, 2.05) is 0 Å². The molecular formula is C10H15N2Na3O8. The zero-order valence-electron chi connectivity index (χ0n) is 13.4. The first-order valence-electron chi connectivity index (χ1n) is 5.42. The van der Waals surface area contributed by atoms with Gasteiger partial charge in [0.15, 0.2) is 0 Å². The van der Waals surface area contributed by atoms with E-state index in [9.17, 15) is 34.5 Å². The van der Waals surface area contributed by atoms with Crippen molar-refractivity contribution in [3.63, 3.8) is 0 Å². The van der Waals surface area contributed by atoms with Crippen LogP contribution in [0.5, 0.6) is 0 Å². The monoisotopic (exact) mass is 360 g/mol. The van der Waals surface area contributed by atoms with E-state index in [4.69, 9.17) is 16.6 Å². The van der Waals surface area contributed by atoms with E-state index in [1.165, 1.54) is 0 Å². The predicted molar refractivity (Wildman–Crippen MR) is 57.1 cm³/mol. The molecule has 0 aliphatic rings. The van der Waals surface area contributed by atoms with Gasteiger partial charge in [0, 0.05) is 24.5 Å². The Bertz CT molecular complexity index is 336. The Morgan fingerprint density at radius 1 is 0.783 bits per heavy atom. The van der Waals surface area contributed by atoms with E-state index in [0.717, 1.165) is 0 Å². The molecule has 0 fully saturated rings. The van der Waals surface area contributed by atoms with Crippen LogP contribution in [0.25, 0.3) is 0 Å². The maximum atomic E-state index is 9.88. The summed E-state index contributed by atoms with van der Waals surface area (Å²) in [5, 5.41) is 37.6. The van der Waals surface area contributed by atoms with Crippen molar-refractivity contribution in [1.82, 2.24) is 0 Å². The number of nitrogens with two attached hydrogens (primary N) is 2. The SMILES string of the molecule is NC(CCC(=O)O)C(=O)[O-].NC(CCC(=O)[O-])C(=O)[O-].[Na+].[Na+].[Na+]. The van der Waals surface area contributed by atoms with E-state index in [0.29, 0.717) is 0 Å². The second-order valence-electron chi connectivity index (χ2n) is 3.69. The van der Waals surface area contributed by atoms with Gasteiger partial charge in [0.05, 0.1) is 11.9 Å². The van der Waals surface area contributed by atoms with Crippen LogP contribution in [0, 0.1) is 0 Å². The van der Waals surface area contributed by atoms with Crippen LogP contribution in [0.1, 0.15) is 25.7 Å². The zero-order chi connectivity index (χ0) is 16.3. The summed E-state index contributed by atoms with van der Waals surface area (Å²) in [6, 6.07) is -2.38. The van der Waals surface area contributed by atoms with Gasteiger partial charge in [0.25, 0.3) is 0 Å². The van der Waals surface area contributed by atoms with Crippen molar-refractivity contribution in [2.75, 3.05) is 0 Å². The van der Waals surface area contributed by atoms with Gasteiger partial charge in [-0.25, -0.2) is 0 Å². The Balaban J connectivity index is -0.0000000831. The number of rotatable bonds is 8. The summed E-state index contributed by atoms with van der Waals surface area (Å²) in [5.41, 5.74) is 9.85. The van der Waals surface area contributed by atoms with Crippen molar-refractivity contribution in [2.45, 2.75) is 37.8 Å². The van der Waals surface area contributed by atoms with Crippen LogP contribution in [0.2, 0.25) is 0 Å². The summed E-state index contributed by atoms with van der Waals surface area (Å²) in [4.78, 5) is 39.3. The van der Waals surface area contributed by atoms with Crippen LogP contribution in [0.4, 0.5) is 0 Å². The molecule has 0 radical (unpaired) electrons. The van der Waals surface area contributed by atoms with Crippen LogP contribution >= 0.6 is 0 Å². The van der Waals surface area contributed by atoms with Crippen molar-refractivity contribution < 1.29 is 128 Å². The molecule has 0 aliphatic heterocycles. The molecule has 0 amide bonds. The molecule has 0 rings (SSSR count). The average molecular weight is 360 g/mol. The Labute approximate surface area is 199 Å². The fourth-order valence-electron chi connectivity index (χ4n) is 0.788. The molecule has 23 heavy (non-hydrogen) atoms. The summed E-state index contributed by atoms with van der Waals surface area (Å²) < 4.78 is 0. The standard InChI is InChI=1S/2C5H9NO4.3Na/c2*6-3(5(9)10)1-2-4(7)8;;;/h2*3H,1-2,6H2,(H,7,8)(H,9,10);;;/q;;3*+1/p-3. The van der Waals surface area contributed by atoms with Gasteiger partial charge in [-0.05, 0) is 19.3 Å². The molecule has 0 saturated heterocycles. The molecule has 0 spiro atoms. The molecule has 5 N–H and O–H groups in total. The normalized spacial score (nSPS) is 10.9. The summed E-state index contributed by atoms with van der Waals surface area (Å²) in [7, 11) is 0. The molecule has 0 saturated carbocycles. The molecular weight excluding hydrogens is 345 g/mol. The minimum absolute atomic E-state index is 0. The van der Waals surface area contributed by atoms with Crippen molar-refractivity contribution in [1.29, 1.82) is 0 Å². The zero-order valence-corrected chi connectivity index (χ0v) is 19.4. The quantitative estimate of drug-likeness (QED) is 0.348. The maximum absolute atomic E-state index is 9.88. The Hall–Kier alpha value is 0.800. The molecule has 0 aliphatic carbocycles. The first-order chi connectivity index (χ1) is 9.07. The number of carbonyl (C=O) groups excluding carboxylic acids is 3. The van der Waals surface area contributed by atoms with Gasteiger partial charge in [-0.15, -0.1) is 0 Å². The fraction of sp³-hybridized carbons (Fsp3) is 0.600. The van der Waals surface area contributed by atoms with Crippen LogP contribution < -0.4 is 115 Å². The third-order valence-corrected chi connectivity index (χ3v) is 1.93. The third kappa shape index (κ3) is 27.9. The minimum atomic E-state index is -1.44. The number of carboxylic acids is 4. The van der Waals surface area contributed by atoms with Gasteiger partial charge >= 0.3 is 94.6 Å². The molecule has 13 heteroatoms. The van der Waals surface area contributed by atoms with Crippen LogP contribution in [-0.2, 0) is 19.2 Å². The number of hydrogen-bond donors (Lipinski definition) is 3. The molecule has 0 aromatic carbocycles. The average Bonchev–Trinajstić information content (AvgIpc) is 2.33. The maximum Gasteiger partial charge on any atom is 1.00 e. The van der Waals surface area contributed by atoms with E-state index < -0.39 is 36.0 Å². The first kappa shape index (κ1) is 35.0. The molecule has 0 heterocycles. The van der Waals surface area contributed by atoms with E-state index >= 15 is 0 Å². The Kier molecular flexibility index (Phi) is 31.7. The first-order valence-corrected chi connectivity index (χ1v) is 5.42. The van der Waals surface area contributed by atoms with Crippen molar-refractivity contribution in [3.8, 4) is 0 Å². The van der Waals surface area contributed by atoms with Crippen molar-refractivity contribution >= 4 is 23.9 Å². The topological polar surface area (TPSA) is 210 Å². The van der Waals surface area contributed by atoms with E-state index in [1.54, 1.807) is 0 Å². The summed E-state index contributed by atoms with van der Waals surface area (Å²) in [6.07, 6.45) is -0.827. The number of hydrogen-bond acceptors (Lipinski definition) is 9. The van der Waals surface area contributed by atoms with Gasteiger partial charge in [-0.3, -0.25) is 4.79 Å². The van der Waals surface area contributed by atoms with Gasteiger partial charge < -0.3 is 46.3 Å². The van der Waals surface area contributed by atoms with Gasteiger partial charge in [0.2, 0.25) is 0 Å². The second kappa shape index (κ2) is 20.8. The molecule has 2 unspecified atom stereocenters. The largest absolute Gasteiger partial charge is 1.00 e. The Morgan fingerprint density at radius 3 is 1.30 bits per heavy atom. The van der Waals surface area contributed by atoms with Crippen molar-refractivity contribution in [2.24, 2.45) is 11.5 Å². The number of aliphatic carboxylic acids is 4. The second-order valence-corrected chi connectivity index (χ2v) is 3.69. The van der Waals surface area contributed by atoms with Crippen LogP contribution in [0.15, 0.2) is 0 Å². The smallest absolute Gasteiger partial charge is 0.550 e. The predicted octanol–water partition coefficient (Wildman–Crippen LogP) is -14.5. The summed E-state index contributed by atoms with van der Waals surface area (Å²) in [6.45, 7) is 0. The minimum Gasteiger partial charge on any atom is -0.550 e. The molecule has 0 bridgehead atoms. The Morgan fingerprint density at radius 2 is 1.09 bits per heavy atom. The summed E-state index contributed by atoms with van der Waals surface area (Å²) >= 11 is 0. The molecule has 10 nitrogen and oxygen atoms in total. The van der Waals surface area contributed by atoms with Crippen LogP contribution in [0.3, 0.4) is 0 Å². The van der Waals surface area contributed by atoms with E-state index in [2.05, 4.69) is 0 Å². The molecule has 0 aromatic heterocycles. The molecule has 0 aromatic rings. The van der Waals surface area contributed by atoms with E-state index in [-0.39, 0.29) is 114 Å². The van der Waals surface area contributed by atoms with Crippen molar-refractivity contribution in [3.05, 3.63) is 0 Å². The molecule has 2 atom stereocenters. The number of carbonyl (C=O) groups is 4. The third-order valence-electron chi connectivity index (χ3n) is 1.93.